The highest BCUT2D eigenvalue weighted by Crippen LogP contribution is 2.30. The Labute approximate surface area is 139 Å². The Hall–Kier alpha value is -1.11. The van der Waals surface area contributed by atoms with E-state index in [2.05, 4.69) is 9.80 Å². The van der Waals surface area contributed by atoms with Gasteiger partial charge in [-0.15, -0.1) is 0 Å². The van der Waals surface area contributed by atoms with Gasteiger partial charge in [0.15, 0.2) is 0 Å². The average molecular weight is 337 g/mol. The predicted octanol–water partition coefficient (Wildman–Crippen LogP) is 1.40. The molecule has 1 atom stereocenters. The number of likely N-dealkylation sites (tertiary alicyclic amines) is 1. The van der Waals surface area contributed by atoms with Crippen LogP contribution in [0.3, 0.4) is 0 Å². The molecule has 1 saturated heterocycles. The van der Waals surface area contributed by atoms with Gasteiger partial charge in [0, 0.05) is 19.1 Å². The van der Waals surface area contributed by atoms with Crippen molar-refractivity contribution >= 4 is 15.7 Å². The van der Waals surface area contributed by atoms with E-state index < -0.39 is 10.0 Å². The van der Waals surface area contributed by atoms with E-state index in [4.69, 9.17) is 0 Å². The van der Waals surface area contributed by atoms with Crippen molar-refractivity contribution < 1.29 is 8.42 Å². The van der Waals surface area contributed by atoms with Crippen LogP contribution in [0, 0.1) is 0 Å². The van der Waals surface area contributed by atoms with Crippen molar-refractivity contribution in [3.63, 3.8) is 0 Å². The first-order valence-corrected chi connectivity index (χ1v) is 10.1. The maximum atomic E-state index is 13.0. The van der Waals surface area contributed by atoms with E-state index in [0.29, 0.717) is 13.1 Å². The normalized spacial score (nSPS) is 22.6. The lowest BCUT2D eigenvalue weighted by Gasteiger charge is -2.38. The molecule has 1 aromatic rings. The fraction of sp³-hybridized carbons (Fsp3) is 0.647. The molecule has 1 fully saturated rings. The molecule has 0 aliphatic carbocycles. The molecule has 128 valence electrons. The number of hydrogen-bond donors (Lipinski definition) is 0. The largest absolute Gasteiger partial charge is 0.304 e. The SMILES string of the molecule is CN(C)[C@@H]1Cc2ccccc2N(S(=O)(=O)CCN2CCCC2)C1. The van der Waals surface area contributed by atoms with Gasteiger partial charge < -0.3 is 9.80 Å². The number of fused-ring (bicyclic) bond motifs is 1. The van der Waals surface area contributed by atoms with E-state index in [1.807, 2.05) is 38.4 Å². The lowest BCUT2D eigenvalue weighted by atomic mass is 9.99. The summed E-state index contributed by atoms with van der Waals surface area (Å²) in [6.07, 6.45) is 3.28. The Morgan fingerprint density at radius 1 is 1.17 bits per heavy atom. The summed E-state index contributed by atoms with van der Waals surface area (Å²) < 4.78 is 27.6. The third-order valence-electron chi connectivity index (χ3n) is 5.02. The quantitative estimate of drug-likeness (QED) is 0.815. The van der Waals surface area contributed by atoms with Crippen LogP contribution in [0.1, 0.15) is 18.4 Å². The number of rotatable bonds is 5. The highest BCUT2D eigenvalue weighted by Gasteiger charge is 2.33. The Balaban J connectivity index is 1.81. The Kier molecular flexibility index (Phi) is 4.94. The van der Waals surface area contributed by atoms with Crippen molar-refractivity contribution in [1.29, 1.82) is 0 Å². The molecule has 0 spiro atoms. The van der Waals surface area contributed by atoms with Gasteiger partial charge in [0.2, 0.25) is 10.0 Å². The van der Waals surface area contributed by atoms with Gasteiger partial charge in [-0.2, -0.15) is 0 Å². The average Bonchev–Trinajstić information content (AvgIpc) is 3.05. The molecule has 23 heavy (non-hydrogen) atoms. The zero-order valence-corrected chi connectivity index (χ0v) is 14.9. The summed E-state index contributed by atoms with van der Waals surface area (Å²) in [5.74, 6) is 0.210. The number of benzene rings is 1. The molecule has 0 unspecified atom stereocenters. The van der Waals surface area contributed by atoms with Crippen molar-refractivity contribution in [1.82, 2.24) is 9.80 Å². The molecule has 0 bridgehead atoms. The fourth-order valence-corrected chi connectivity index (χ4v) is 5.09. The second-order valence-electron chi connectivity index (χ2n) is 6.85. The van der Waals surface area contributed by atoms with Crippen LogP contribution in [0.5, 0.6) is 0 Å². The van der Waals surface area contributed by atoms with Gasteiger partial charge in [-0.05, 0) is 58.1 Å². The number of nitrogens with zero attached hydrogens (tertiary/aromatic N) is 3. The molecule has 1 aromatic carbocycles. The summed E-state index contributed by atoms with van der Waals surface area (Å²) in [6, 6.07) is 8.14. The third kappa shape index (κ3) is 3.70. The van der Waals surface area contributed by atoms with Crippen LogP contribution in [-0.2, 0) is 16.4 Å². The van der Waals surface area contributed by atoms with Crippen LogP contribution in [0.2, 0.25) is 0 Å². The van der Waals surface area contributed by atoms with Gasteiger partial charge in [-0.3, -0.25) is 4.31 Å². The molecular weight excluding hydrogens is 310 g/mol. The lowest BCUT2D eigenvalue weighted by Crippen LogP contribution is -2.49. The first-order chi connectivity index (χ1) is 11.0. The Morgan fingerprint density at radius 3 is 2.57 bits per heavy atom. The summed E-state index contributed by atoms with van der Waals surface area (Å²) >= 11 is 0. The molecule has 0 amide bonds. The molecule has 0 saturated carbocycles. The number of para-hydroxylation sites is 1. The fourth-order valence-electron chi connectivity index (χ4n) is 3.51. The van der Waals surface area contributed by atoms with Crippen molar-refractivity contribution in [2.45, 2.75) is 25.3 Å². The zero-order chi connectivity index (χ0) is 16.4. The summed E-state index contributed by atoms with van der Waals surface area (Å²) in [4.78, 5) is 4.38. The van der Waals surface area contributed by atoms with Crippen LogP contribution in [-0.4, -0.2) is 70.3 Å². The topological polar surface area (TPSA) is 43.9 Å². The van der Waals surface area contributed by atoms with E-state index in [-0.39, 0.29) is 11.8 Å². The van der Waals surface area contributed by atoms with Gasteiger partial charge in [0.1, 0.15) is 0 Å². The zero-order valence-electron chi connectivity index (χ0n) is 14.1. The van der Waals surface area contributed by atoms with Crippen molar-refractivity contribution in [3.05, 3.63) is 29.8 Å². The maximum Gasteiger partial charge on any atom is 0.236 e. The van der Waals surface area contributed by atoms with E-state index in [9.17, 15) is 8.42 Å². The van der Waals surface area contributed by atoms with Crippen LogP contribution in [0.25, 0.3) is 0 Å². The Bertz CT molecular complexity index is 639. The summed E-state index contributed by atoms with van der Waals surface area (Å²) in [5, 5.41) is 0. The molecule has 2 heterocycles. The smallest absolute Gasteiger partial charge is 0.236 e. The summed E-state index contributed by atoms with van der Waals surface area (Å²) in [5.41, 5.74) is 1.99. The van der Waals surface area contributed by atoms with Crippen LogP contribution < -0.4 is 4.31 Å². The van der Waals surface area contributed by atoms with E-state index in [0.717, 1.165) is 30.8 Å². The monoisotopic (exact) mass is 337 g/mol. The second-order valence-corrected chi connectivity index (χ2v) is 8.86. The van der Waals surface area contributed by atoms with Gasteiger partial charge in [0.25, 0.3) is 0 Å². The van der Waals surface area contributed by atoms with Crippen molar-refractivity contribution in [2.75, 3.05) is 50.3 Å². The molecule has 6 heteroatoms. The minimum Gasteiger partial charge on any atom is -0.304 e. The van der Waals surface area contributed by atoms with Gasteiger partial charge in [-0.25, -0.2) is 8.42 Å². The van der Waals surface area contributed by atoms with Gasteiger partial charge >= 0.3 is 0 Å². The molecule has 0 aromatic heterocycles. The van der Waals surface area contributed by atoms with E-state index >= 15 is 0 Å². The first-order valence-electron chi connectivity index (χ1n) is 8.44. The Morgan fingerprint density at radius 2 is 1.87 bits per heavy atom. The number of anilines is 1. The van der Waals surface area contributed by atoms with Gasteiger partial charge in [-0.1, -0.05) is 18.2 Å². The maximum absolute atomic E-state index is 13.0. The standard InChI is InChI=1S/C17H27N3O2S/c1-18(2)16-13-15-7-3-4-8-17(15)20(14-16)23(21,22)12-11-19-9-5-6-10-19/h3-4,7-8,16H,5-6,9-14H2,1-2H3/t16-/m1/s1. The number of hydrogen-bond acceptors (Lipinski definition) is 4. The highest BCUT2D eigenvalue weighted by atomic mass is 32.2. The third-order valence-corrected chi connectivity index (χ3v) is 6.74. The molecule has 0 N–H and O–H groups in total. The van der Waals surface area contributed by atoms with E-state index in [1.54, 1.807) is 4.31 Å². The molecule has 5 nitrogen and oxygen atoms in total. The lowest BCUT2D eigenvalue weighted by molar-refractivity contribution is 0.292. The summed E-state index contributed by atoms with van der Waals surface area (Å²) in [7, 11) is 0.757. The van der Waals surface area contributed by atoms with Crippen LogP contribution in [0.15, 0.2) is 24.3 Å². The van der Waals surface area contributed by atoms with Crippen LogP contribution >= 0.6 is 0 Å². The predicted molar refractivity (Wildman–Crippen MR) is 94.4 cm³/mol. The van der Waals surface area contributed by atoms with Crippen LogP contribution in [0.4, 0.5) is 5.69 Å². The van der Waals surface area contributed by atoms with Crippen molar-refractivity contribution in [3.8, 4) is 0 Å². The first kappa shape index (κ1) is 16.7. The van der Waals surface area contributed by atoms with Gasteiger partial charge in [0.05, 0.1) is 11.4 Å². The highest BCUT2D eigenvalue weighted by molar-refractivity contribution is 7.92. The number of sulfonamides is 1. The molecule has 3 rings (SSSR count). The molecular formula is C17H27N3O2S. The van der Waals surface area contributed by atoms with Crippen molar-refractivity contribution in [2.24, 2.45) is 0 Å². The molecule has 0 radical (unpaired) electrons. The van der Waals surface area contributed by atoms with E-state index in [1.165, 1.54) is 12.8 Å². The molecule has 2 aliphatic rings. The second kappa shape index (κ2) is 6.79. The number of likely N-dealkylation sites (N-methyl/N-ethyl adjacent to an activating group) is 1. The molecule has 2 aliphatic heterocycles. The summed E-state index contributed by atoms with van der Waals surface area (Å²) in [6.45, 7) is 3.26. The minimum absolute atomic E-state index is 0.210. The minimum atomic E-state index is -3.29.